The van der Waals surface area contributed by atoms with Crippen LogP contribution in [0.1, 0.15) is 11.0 Å². The second kappa shape index (κ2) is 8.81. The molecule has 0 saturated carbocycles. The number of rotatable bonds is 2. The maximum absolute atomic E-state index is 10.2. The van der Waals surface area contributed by atoms with Crippen molar-refractivity contribution in [3.63, 3.8) is 0 Å². The third-order valence-corrected chi connectivity index (χ3v) is 9.85. The first-order valence-corrected chi connectivity index (χ1v) is 15.5. The smallest absolute Gasteiger partial charge is 0.0616 e. The molecule has 0 amide bonds. The summed E-state index contributed by atoms with van der Waals surface area (Å²) >= 11 is 0. The van der Waals surface area contributed by atoms with Crippen molar-refractivity contribution < 1.29 is 11.0 Å². The maximum Gasteiger partial charge on any atom is 0.0636 e. The van der Waals surface area contributed by atoms with Crippen LogP contribution in [0.3, 0.4) is 0 Å². The van der Waals surface area contributed by atoms with Crippen molar-refractivity contribution in [2.24, 2.45) is 0 Å². The summed E-state index contributed by atoms with van der Waals surface area (Å²) in [7, 11) is 0. The van der Waals surface area contributed by atoms with Gasteiger partial charge in [0.15, 0.2) is 0 Å². The van der Waals surface area contributed by atoms with E-state index in [1.54, 1.807) is 0 Å². The van der Waals surface area contributed by atoms with Crippen LogP contribution in [0, 0.1) is 0 Å². The molecule has 0 aliphatic rings. The average molecular weight is 587 g/mol. The van der Waals surface area contributed by atoms with Gasteiger partial charge in [-0.05, 0) is 121 Å². The zero-order chi connectivity index (χ0) is 36.9. The fraction of sp³-hybridized carbons (Fsp3) is 0. The highest BCUT2D eigenvalue weighted by Gasteiger charge is 2.18. The molecule has 0 bridgehead atoms. The lowest BCUT2D eigenvalue weighted by Gasteiger charge is -2.19. The van der Waals surface area contributed by atoms with E-state index in [2.05, 4.69) is 60.7 Å². The highest BCUT2D eigenvalue weighted by Crippen LogP contribution is 2.46. The molecule has 11 rings (SSSR count). The first-order chi connectivity index (χ1) is 26.2. The van der Waals surface area contributed by atoms with E-state index in [9.17, 15) is 5.48 Å². The van der Waals surface area contributed by atoms with Crippen molar-refractivity contribution in [1.82, 2.24) is 0 Å². The van der Waals surface area contributed by atoms with Crippen molar-refractivity contribution in [3.05, 3.63) is 158 Å². The summed E-state index contributed by atoms with van der Waals surface area (Å²) in [5.74, 6) is 0. The minimum atomic E-state index is -0.494. The Labute approximate surface area is 276 Å². The quantitative estimate of drug-likeness (QED) is 0.177. The molecule has 0 N–H and O–H groups in total. The minimum absolute atomic E-state index is 0.0170. The van der Waals surface area contributed by atoms with Crippen molar-refractivity contribution in [2.75, 3.05) is 0 Å². The molecule has 0 aliphatic carbocycles. The summed E-state index contributed by atoms with van der Waals surface area (Å²) in [5.41, 5.74) is 1.97. The SMILES string of the molecule is [2H]c1c([2H])c([2H])c2c(c1[2H])c([2H])c([2H])c1c([2H])c(-c3ccc4ccc5cccc6ccc3c4c56)c([2H])c(-c3ccc4ccc5cccc6ccc3c4c56)c12. The zero-order valence-corrected chi connectivity index (χ0v) is 24.4. The first kappa shape index (κ1) is 18.1. The number of benzene rings is 11. The molecule has 11 aromatic rings. The molecule has 46 heavy (non-hydrogen) atoms. The first-order valence-electron chi connectivity index (χ1n) is 19.5. The summed E-state index contributed by atoms with van der Waals surface area (Å²) in [4.78, 5) is 0. The second-order valence-electron chi connectivity index (χ2n) is 12.2. The van der Waals surface area contributed by atoms with Crippen LogP contribution in [0.2, 0.25) is 0 Å². The van der Waals surface area contributed by atoms with E-state index >= 15 is 0 Å². The van der Waals surface area contributed by atoms with Crippen molar-refractivity contribution in [1.29, 1.82) is 0 Å². The summed E-state index contributed by atoms with van der Waals surface area (Å²) in [6.45, 7) is 0. The predicted molar refractivity (Wildman–Crippen MR) is 200 cm³/mol. The lowest BCUT2D eigenvalue weighted by Crippen LogP contribution is -1.91. The molecule has 11 aromatic carbocycles. The van der Waals surface area contributed by atoms with E-state index < -0.39 is 18.1 Å². The van der Waals surface area contributed by atoms with Gasteiger partial charge in [-0.15, -0.1) is 0 Å². The lowest BCUT2D eigenvalue weighted by molar-refractivity contribution is 1.68. The number of hydrogen-bond donors (Lipinski definition) is 0. The molecule has 0 heterocycles. The van der Waals surface area contributed by atoms with Gasteiger partial charge in [0.1, 0.15) is 0 Å². The summed E-state index contributed by atoms with van der Waals surface area (Å²) in [5, 5.41) is 12.5. The molecule has 0 fully saturated rings. The topological polar surface area (TPSA) is 0 Å². The highest BCUT2D eigenvalue weighted by atomic mass is 14.2. The lowest BCUT2D eigenvalue weighted by atomic mass is 9.84. The fourth-order valence-electron chi connectivity index (χ4n) is 7.84. The molecule has 0 nitrogen and oxygen atoms in total. The van der Waals surface area contributed by atoms with E-state index in [1.165, 1.54) is 0 Å². The maximum atomic E-state index is 10.2. The van der Waals surface area contributed by atoms with Crippen LogP contribution in [-0.4, -0.2) is 0 Å². The Hall–Kier alpha value is -5.98. The third kappa shape index (κ3) is 3.18. The fourth-order valence-corrected chi connectivity index (χ4v) is 7.84. The van der Waals surface area contributed by atoms with Gasteiger partial charge in [-0.2, -0.15) is 0 Å². The Kier molecular flexibility index (Phi) is 3.47. The normalized spacial score (nSPS) is 14.8. The Bertz CT molecular complexity index is 3440. The van der Waals surface area contributed by atoms with Crippen LogP contribution >= 0.6 is 0 Å². The number of fused-ring (bicyclic) bond motifs is 3. The second-order valence-corrected chi connectivity index (χ2v) is 12.2. The van der Waals surface area contributed by atoms with Gasteiger partial charge in [-0.3, -0.25) is 0 Å². The monoisotopic (exact) mass is 586 g/mol. The van der Waals surface area contributed by atoms with Crippen LogP contribution in [0.5, 0.6) is 0 Å². The van der Waals surface area contributed by atoms with Crippen LogP contribution in [0.15, 0.2) is 158 Å². The van der Waals surface area contributed by atoms with Gasteiger partial charge in [0.05, 0.1) is 11.0 Å². The van der Waals surface area contributed by atoms with Gasteiger partial charge in [0, 0.05) is 0 Å². The van der Waals surface area contributed by atoms with Gasteiger partial charge in [-0.25, -0.2) is 0 Å². The Morgan fingerprint density at radius 1 is 0.304 bits per heavy atom. The van der Waals surface area contributed by atoms with Crippen molar-refractivity contribution in [3.8, 4) is 22.3 Å². The molecule has 0 heteroatoms. The van der Waals surface area contributed by atoms with Crippen LogP contribution in [0.4, 0.5) is 0 Å². The summed E-state index contributed by atoms with van der Waals surface area (Å²) in [6, 6.07) is 34.3. The van der Waals surface area contributed by atoms with Crippen LogP contribution < -0.4 is 0 Å². The molecular formula is C46H26. The molecular weight excluding hydrogens is 553 g/mol. The third-order valence-electron chi connectivity index (χ3n) is 9.85. The van der Waals surface area contributed by atoms with E-state index in [0.717, 1.165) is 64.6 Å². The summed E-state index contributed by atoms with van der Waals surface area (Å²) in [6.07, 6.45) is 0. The van der Waals surface area contributed by atoms with Crippen LogP contribution in [0.25, 0.3) is 108 Å². The van der Waals surface area contributed by atoms with Gasteiger partial charge < -0.3 is 0 Å². The Morgan fingerprint density at radius 2 is 0.804 bits per heavy atom. The molecule has 0 aliphatic heterocycles. The van der Waals surface area contributed by atoms with Crippen LogP contribution in [-0.2, 0) is 0 Å². The van der Waals surface area contributed by atoms with Crippen molar-refractivity contribution >= 4 is 86.2 Å². The highest BCUT2D eigenvalue weighted by molar-refractivity contribution is 6.29. The standard InChI is InChI=1S/C46H26/c1-2-10-37-27(5-1)11-16-34-25-35(36-21-17-32-14-12-28-6-3-8-30-19-23-39(36)45(32)42(28)30)26-41(44(34)37)38-22-18-33-15-13-29-7-4-9-31-20-24-40(38)46(33)43(29)31/h1-26H/i1D,2D,5D,10D,11D,16D,25D,26D. The number of hydrogen-bond acceptors (Lipinski definition) is 0. The Morgan fingerprint density at radius 3 is 1.46 bits per heavy atom. The molecule has 210 valence electrons. The molecule has 0 aromatic heterocycles. The van der Waals surface area contributed by atoms with Gasteiger partial charge in [-0.1, -0.05) is 145 Å². The average Bonchev–Trinajstić information content (AvgIpc) is 3.19. The minimum Gasteiger partial charge on any atom is -0.0616 e. The van der Waals surface area contributed by atoms with E-state index in [1.807, 2.05) is 48.5 Å². The molecule has 0 atom stereocenters. The van der Waals surface area contributed by atoms with Gasteiger partial charge >= 0.3 is 0 Å². The Balaban J connectivity index is 1.40. The van der Waals surface area contributed by atoms with E-state index in [0.29, 0.717) is 22.3 Å². The summed E-state index contributed by atoms with van der Waals surface area (Å²) < 4.78 is 73.9. The van der Waals surface area contributed by atoms with E-state index in [4.69, 9.17) is 5.48 Å². The molecule has 0 saturated heterocycles. The predicted octanol–water partition coefficient (Wildman–Crippen LogP) is 13.1. The van der Waals surface area contributed by atoms with Crippen molar-refractivity contribution in [2.45, 2.75) is 0 Å². The molecule has 0 spiro atoms. The van der Waals surface area contributed by atoms with E-state index in [-0.39, 0.29) is 51.8 Å². The largest absolute Gasteiger partial charge is 0.0636 e. The zero-order valence-electron chi connectivity index (χ0n) is 32.4. The van der Waals surface area contributed by atoms with Gasteiger partial charge in [0.25, 0.3) is 0 Å². The molecule has 0 radical (unpaired) electrons. The van der Waals surface area contributed by atoms with Gasteiger partial charge in [0.2, 0.25) is 0 Å². The molecule has 0 unspecified atom stereocenters.